The van der Waals surface area contributed by atoms with Crippen LogP contribution in [0.1, 0.15) is 43.7 Å². The number of aliphatic hydroxyl groups is 1. The first-order chi connectivity index (χ1) is 10.2. The maximum Gasteiger partial charge on any atom is 0.0586 e. The van der Waals surface area contributed by atoms with Crippen LogP contribution in [0.4, 0.5) is 0 Å². The first kappa shape index (κ1) is 16.9. The molecule has 2 atom stereocenters. The molecule has 0 aromatic heterocycles. The standard InChI is InChI=1S/C17H27BrN2O/c1-19-17(14-6-8-15(18)9-7-14)10-12-20-11-4-2-3-5-16(20)13-21/h6-9,16-17,19,21H,2-5,10-13H2,1H3. The quantitative estimate of drug-likeness (QED) is 0.822. The summed E-state index contributed by atoms with van der Waals surface area (Å²) in [5, 5.41) is 13.0. The lowest BCUT2D eigenvalue weighted by Crippen LogP contribution is -2.39. The molecule has 2 N–H and O–H groups in total. The summed E-state index contributed by atoms with van der Waals surface area (Å²) in [7, 11) is 2.03. The Morgan fingerprint density at radius 1 is 1.29 bits per heavy atom. The molecule has 0 saturated carbocycles. The van der Waals surface area contributed by atoms with E-state index in [0.29, 0.717) is 18.7 Å². The summed E-state index contributed by atoms with van der Waals surface area (Å²) in [5.41, 5.74) is 1.33. The average molecular weight is 355 g/mol. The Bertz CT molecular complexity index is 410. The van der Waals surface area contributed by atoms with Crippen molar-refractivity contribution in [2.45, 2.75) is 44.2 Å². The van der Waals surface area contributed by atoms with Gasteiger partial charge in [0.25, 0.3) is 0 Å². The van der Waals surface area contributed by atoms with Crippen LogP contribution < -0.4 is 5.32 Å². The van der Waals surface area contributed by atoms with Crippen LogP contribution in [0.2, 0.25) is 0 Å². The predicted octanol–water partition coefficient (Wildman–Crippen LogP) is 3.34. The van der Waals surface area contributed by atoms with Gasteiger partial charge in [0, 0.05) is 23.1 Å². The molecule has 2 unspecified atom stereocenters. The number of aliphatic hydroxyl groups excluding tert-OH is 1. The zero-order valence-electron chi connectivity index (χ0n) is 12.9. The third-order valence-electron chi connectivity index (χ3n) is 4.54. The fourth-order valence-corrected chi connectivity index (χ4v) is 3.47. The van der Waals surface area contributed by atoms with E-state index in [1.54, 1.807) is 0 Å². The molecule has 1 aliphatic rings. The number of halogens is 1. The number of likely N-dealkylation sites (tertiary alicyclic amines) is 1. The van der Waals surface area contributed by atoms with Gasteiger partial charge in [-0.15, -0.1) is 0 Å². The van der Waals surface area contributed by atoms with Gasteiger partial charge < -0.3 is 10.4 Å². The van der Waals surface area contributed by atoms with E-state index in [9.17, 15) is 5.11 Å². The Kier molecular flexibility index (Phi) is 7.17. The lowest BCUT2D eigenvalue weighted by Gasteiger charge is -2.30. The molecule has 0 bridgehead atoms. The number of rotatable bonds is 6. The van der Waals surface area contributed by atoms with Gasteiger partial charge in [0.15, 0.2) is 0 Å². The first-order valence-corrected chi connectivity index (χ1v) is 8.81. The number of hydrogen-bond donors (Lipinski definition) is 2. The highest BCUT2D eigenvalue weighted by Gasteiger charge is 2.21. The second kappa shape index (κ2) is 8.89. The number of hydrogen-bond acceptors (Lipinski definition) is 3. The van der Waals surface area contributed by atoms with E-state index in [2.05, 4.69) is 50.4 Å². The molecule has 1 fully saturated rings. The second-order valence-corrected chi connectivity index (χ2v) is 6.82. The van der Waals surface area contributed by atoms with Crippen molar-refractivity contribution in [1.82, 2.24) is 10.2 Å². The van der Waals surface area contributed by atoms with Gasteiger partial charge in [0.2, 0.25) is 0 Å². The third kappa shape index (κ3) is 5.06. The van der Waals surface area contributed by atoms with Crippen molar-refractivity contribution in [2.24, 2.45) is 0 Å². The van der Waals surface area contributed by atoms with Gasteiger partial charge in [-0.1, -0.05) is 40.9 Å². The topological polar surface area (TPSA) is 35.5 Å². The highest BCUT2D eigenvalue weighted by molar-refractivity contribution is 9.10. The zero-order valence-corrected chi connectivity index (χ0v) is 14.5. The Morgan fingerprint density at radius 2 is 2.05 bits per heavy atom. The number of benzene rings is 1. The van der Waals surface area contributed by atoms with Crippen LogP contribution in [-0.2, 0) is 0 Å². The molecule has 1 aromatic carbocycles. The fraction of sp³-hybridized carbons (Fsp3) is 0.647. The van der Waals surface area contributed by atoms with Crippen LogP contribution in [-0.4, -0.2) is 42.8 Å². The molecule has 118 valence electrons. The molecule has 0 radical (unpaired) electrons. The highest BCUT2D eigenvalue weighted by atomic mass is 79.9. The summed E-state index contributed by atoms with van der Waals surface area (Å²) in [6.07, 6.45) is 6.03. The molecule has 1 saturated heterocycles. The minimum absolute atomic E-state index is 0.294. The number of nitrogens with zero attached hydrogens (tertiary/aromatic N) is 1. The minimum Gasteiger partial charge on any atom is -0.395 e. The van der Waals surface area contributed by atoms with Gasteiger partial charge in [0.05, 0.1) is 6.61 Å². The Balaban J connectivity index is 1.93. The van der Waals surface area contributed by atoms with Crippen molar-refractivity contribution in [3.05, 3.63) is 34.3 Å². The van der Waals surface area contributed by atoms with Crippen molar-refractivity contribution in [3.8, 4) is 0 Å². The summed E-state index contributed by atoms with van der Waals surface area (Å²) in [5.74, 6) is 0. The van der Waals surface area contributed by atoms with Crippen molar-refractivity contribution < 1.29 is 5.11 Å². The highest BCUT2D eigenvalue weighted by Crippen LogP contribution is 2.22. The van der Waals surface area contributed by atoms with E-state index in [1.807, 2.05) is 7.05 Å². The molecule has 1 heterocycles. The normalized spacial score (nSPS) is 22.0. The smallest absolute Gasteiger partial charge is 0.0586 e. The van der Waals surface area contributed by atoms with Crippen LogP contribution in [0.25, 0.3) is 0 Å². The van der Waals surface area contributed by atoms with Crippen molar-refractivity contribution in [2.75, 3.05) is 26.7 Å². The van der Waals surface area contributed by atoms with E-state index >= 15 is 0 Å². The summed E-state index contributed by atoms with van der Waals surface area (Å²) < 4.78 is 1.12. The SMILES string of the molecule is CNC(CCN1CCCCCC1CO)c1ccc(Br)cc1. The van der Waals surface area contributed by atoms with Gasteiger partial charge in [-0.3, -0.25) is 4.90 Å². The molecule has 0 aliphatic carbocycles. The van der Waals surface area contributed by atoms with Crippen LogP contribution in [0.5, 0.6) is 0 Å². The average Bonchev–Trinajstić information content (AvgIpc) is 2.74. The lowest BCUT2D eigenvalue weighted by molar-refractivity contribution is 0.120. The Hall–Kier alpha value is -0.420. The lowest BCUT2D eigenvalue weighted by atomic mass is 10.0. The molecule has 1 aromatic rings. The molecule has 0 spiro atoms. The maximum atomic E-state index is 9.59. The second-order valence-electron chi connectivity index (χ2n) is 5.90. The van der Waals surface area contributed by atoms with Crippen molar-refractivity contribution >= 4 is 15.9 Å². The first-order valence-electron chi connectivity index (χ1n) is 8.02. The summed E-state index contributed by atoms with van der Waals surface area (Å²) >= 11 is 3.49. The molecule has 1 aliphatic heterocycles. The Labute approximate surface area is 136 Å². The van der Waals surface area contributed by atoms with Gasteiger partial charge in [-0.2, -0.15) is 0 Å². The fourth-order valence-electron chi connectivity index (χ4n) is 3.21. The largest absolute Gasteiger partial charge is 0.395 e. The van der Waals surface area contributed by atoms with Crippen LogP contribution in [0, 0.1) is 0 Å². The van der Waals surface area contributed by atoms with Gasteiger partial charge >= 0.3 is 0 Å². The minimum atomic E-state index is 0.294. The Morgan fingerprint density at radius 3 is 2.71 bits per heavy atom. The molecular formula is C17H27BrN2O. The van der Waals surface area contributed by atoms with Crippen molar-refractivity contribution in [3.63, 3.8) is 0 Å². The molecule has 0 amide bonds. The van der Waals surface area contributed by atoms with E-state index in [1.165, 1.54) is 24.8 Å². The van der Waals surface area contributed by atoms with E-state index < -0.39 is 0 Å². The molecule has 21 heavy (non-hydrogen) atoms. The third-order valence-corrected chi connectivity index (χ3v) is 5.06. The zero-order chi connectivity index (χ0) is 15.1. The van der Waals surface area contributed by atoms with E-state index in [0.717, 1.165) is 30.4 Å². The van der Waals surface area contributed by atoms with Crippen LogP contribution >= 0.6 is 15.9 Å². The van der Waals surface area contributed by atoms with Crippen molar-refractivity contribution in [1.29, 1.82) is 0 Å². The van der Waals surface area contributed by atoms with Gasteiger partial charge in [-0.25, -0.2) is 0 Å². The summed E-state index contributed by atoms with van der Waals surface area (Å²) in [6, 6.07) is 9.29. The molecule has 4 heteroatoms. The number of nitrogens with one attached hydrogen (secondary N) is 1. The summed E-state index contributed by atoms with van der Waals surface area (Å²) in [4.78, 5) is 2.48. The molecule has 3 nitrogen and oxygen atoms in total. The van der Waals surface area contributed by atoms with Crippen LogP contribution in [0.3, 0.4) is 0 Å². The van der Waals surface area contributed by atoms with E-state index in [-0.39, 0.29) is 0 Å². The predicted molar refractivity (Wildman–Crippen MR) is 91.5 cm³/mol. The van der Waals surface area contributed by atoms with Gasteiger partial charge in [-0.05, 0) is 50.6 Å². The van der Waals surface area contributed by atoms with Gasteiger partial charge in [0.1, 0.15) is 0 Å². The molecular weight excluding hydrogens is 328 g/mol. The molecule has 2 rings (SSSR count). The monoisotopic (exact) mass is 354 g/mol. The van der Waals surface area contributed by atoms with E-state index in [4.69, 9.17) is 0 Å². The maximum absolute atomic E-state index is 9.59. The summed E-state index contributed by atoms with van der Waals surface area (Å²) in [6.45, 7) is 2.47. The van der Waals surface area contributed by atoms with Crippen LogP contribution in [0.15, 0.2) is 28.7 Å².